The number of hydrogen-bond acceptors (Lipinski definition) is 5. The van der Waals surface area contributed by atoms with Gasteiger partial charge in [0.05, 0.1) is 24.9 Å². The minimum atomic E-state index is 0.482. The molecule has 0 saturated carbocycles. The molecule has 136 valence electrons. The van der Waals surface area contributed by atoms with Crippen LogP contribution in [0.4, 0.5) is 0 Å². The number of H-pyrrole nitrogens is 1. The van der Waals surface area contributed by atoms with Gasteiger partial charge in [0, 0.05) is 10.7 Å². The molecule has 0 fully saturated rings. The van der Waals surface area contributed by atoms with Crippen LogP contribution in [0.25, 0.3) is 17.1 Å². The molecule has 0 aliphatic heterocycles. The van der Waals surface area contributed by atoms with Crippen molar-refractivity contribution in [2.75, 3.05) is 7.11 Å². The Balaban J connectivity index is 1.60. The zero-order valence-corrected chi connectivity index (χ0v) is 16.7. The van der Waals surface area contributed by atoms with E-state index in [0.29, 0.717) is 17.0 Å². The fourth-order valence-corrected chi connectivity index (χ4v) is 3.42. The molecule has 0 amide bonds. The SMILES string of the molecule is COc1ccc(Cn2nnc(-c3c[nH]n(-c4ccccc4Br)c3=S)n2)cc1. The maximum absolute atomic E-state index is 5.60. The Hall–Kier alpha value is -2.78. The molecule has 0 unspecified atom stereocenters. The zero-order valence-electron chi connectivity index (χ0n) is 14.3. The standard InChI is InChI=1S/C18H15BrN6OS/c1-26-13-8-6-12(7-9-13)11-24-22-17(21-23-24)14-10-20-25(18(14)27)16-5-3-2-4-15(16)19/h2-10,20H,11H2,1H3. The molecule has 0 radical (unpaired) electrons. The van der Waals surface area contributed by atoms with Crippen molar-refractivity contribution in [3.8, 4) is 22.8 Å². The van der Waals surface area contributed by atoms with Gasteiger partial charge in [-0.25, -0.2) is 4.68 Å². The van der Waals surface area contributed by atoms with Crippen LogP contribution >= 0.6 is 28.1 Å². The summed E-state index contributed by atoms with van der Waals surface area (Å²) in [5, 5.41) is 15.9. The number of methoxy groups -OCH3 is 1. The lowest BCUT2D eigenvalue weighted by Gasteiger charge is -2.04. The molecule has 7 nitrogen and oxygen atoms in total. The van der Waals surface area contributed by atoms with Crippen molar-refractivity contribution < 1.29 is 4.74 Å². The number of ether oxygens (including phenoxy) is 1. The van der Waals surface area contributed by atoms with Crippen LogP contribution in [0.3, 0.4) is 0 Å². The average Bonchev–Trinajstić information content (AvgIpc) is 3.29. The normalized spacial score (nSPS) is 10.9. The minimum Gasteiger partial charge on any atom is -0.497 e. The van der Waals surface area contributed by atoms with E-state index in [-0.39, 0.29) is 0 Å². The first-order valence-corrected chi connectivity index (χ1v) is 9.32. The van der Waals surface area contributed by atoms with Gasteiger partial charge in [-0.2, -0.15) is 4.80 Å². The Labute approximate surface area is 168 Å². The van der Waals surface area contributed by atoms with Crippen molar-refractivity contribution in [1.82, 2.24) is 30.0 Å². The summed E-state index contributed by atoms with van der Waals surface area (Å²) in [5.41, 5.74) is 2.69. The van der Waals surface area contributed by atoms with Crippen LogP contribution < -0.4 is 4.74 Å². The van der Waals surface area contributed by atoms with Crippen LogP contribution in [0, 0.1) is 4.64 Å². The number of rotatable bonds is 5. The first-order chi connectivity index (χ1) is 13.2. The van der Waals surface area contributed by atoms with Gasteiger partial charge >= 0.3 is 0 Å². The van der Waals surface area contributed by atoms with E-state index in [1.165, 1.54) is 0 Å². The first kappa shape index (κ1) is 17.6. The maximum Gasteiger partial charge on any atom is 0.209 e. The second-order valence-electron chi connectivity index (χ2n) is 5.77. The number of nitrogens with zero attached hydrogens (tertiary/aromatic N) is 5. The second kappa shape index (κ2) is 7.45. The van der Waals surface area contributed by atoms with E-state index in [1.54, 1.807) is 22.8 Å². The van der Waals surface area contributed by atoms with Gasteiger partial charge in [0.15, 0.2) is 0 Å². The molecule has 2 aromatic heterocycles. The molecule has 0 aliphatic carbocycles. The van der Waals surface area contributed by atoms with Crippen LogP contribution in [0.2, 0.25) is 0 Å². The van der Waals surface area contributed by atoms with E-state index in [2.05, 4.69) is 36.4 Å². The van der Waals surface area contributed by atoms with E-state index < -0.39 is 0 Å². The monoisotopic (exact) mass is 442 g/mol. The van der Waals surface area contributed by atoms with Crippen molar-refractivity contribution in [3.05, 3.63) is 69.4 Å². The number of hydrogen-bond donors (Lipinski definition) is 1. The molecule has 2 aromatic carbocycles. The van der Waals surface area contributed by atoms with E-state index in [0.717, 1.165) is 27.0 Å². The van der Waals surface area contributed by atoms with Crippen molar-refractivity contribution in [2.24, 2.45) is 0 Å². The van der Waals surface area contributed by atoms with Gasteiger partial charge in [-0.1, -0.05) is 36.5 Å². The van der Waals surface area contributed by atoms with Crippen molar-refractivity contribution in [3.63, 3.8) is 0 Å². The van der Waals surface area contributed by atoms with Crippen LogP contribution in [-0.4, -0.2) is 37.1 Å². The highest BCUT2D eigenvalue weighted by atomic mass is 79.9. The lowest BCUT2D eigenvalue weighted by molar-refractivity contribution is 0.414. The minimum absolute atomic E-state index is 0.482. The van der Waals surface area contributed by atoms with Crippen molar-refractivity contribution in [1.29, 1.82) is 0 Å². The van der Waals surface area contributed by atoms with Gasteiger partial charge in [0.2, 0.25) is 5.82 Å². The van der Waals surface area contributed by atoms with Gasteiger partial charge < -0.3 is 4.74 Å². The largest absolute Gasteiger partial charge is 0.497 e. The fraction of sp³-hybridized carbons (Fsp3) is 0.111. The summed E-state index contributed by atoms with van der Waals surface area (Å²) in [6, 6.07) is 15.6. The quantitative estimate of drug-likeness (QED) is 0.472. The molecular formula is C18H15BrN6OS. The highest BCUT2D eigenvalue weighted by Gasteiger charge is 2.13. The van der Waals surface area contributed by atoms with Crippen LogP contribution in [0.5, 0.6) is 5.75 Å². The predicted octanol–water partition coefficient (Wildman–Crippen LogP) is 4.01. The summed E-state index contributed by atoms with van der Waals surface area (Å²) in [7, 11) is 1.64. The topological polar surface area (TPSA) is 73.5 Å². The number of aromatic nitrogens is 6. The summed E-state index contributed by atoms with van der Waals surface area (Å²) in [5.74, 6) is 1.29. The Morgan fingerprint density at radius 2 is 1.93 bits per heavy atom. The molecule has 4 aromatic rings. The Morgan fingerprint density at radius 3 is 2.67 bits per heavy atom. The summed E-state index contributed by atoms with van der Waals surface area (Å²) in [4.78, 5) is 1.54. The number of aromatic amines is 1. The predicted molar refractivity (Wildman–Crippen MR) is 108 cm³/mol. The van der Waals surface area contributed by atoms with Gasteiger partial charge in [-0.15, -0.1) is 10.2 Å². The fourth-order valence-electron chi connectivity index (χ4n) is 2.65. The Bertz CT molecular complexity index is 1130. The molecule has 0 saturated heterocycles. The lowest BCUT2D eigenvalue weighted by Crippen LogP contribution is -2.04. The van der Waals surface area contributed by atoms with Crippen molar-refractivity contribution >= 4 is 28.1 Å². The smallest absolute Gasteiger partial charge is 0.209 e. The molecule has 0 atom stereocenters. The number of benzene rings is 2. The maximum atomic E-state index is 5.60. The second-order valence-corrected chi connectivity index (χ2v) is 7.01. The van der Waals surface area contributed by atoms with Crippen LogP contribution in [0.1, 0.15) is 5.56 Å². The number of tetrazole rings is 1. The van der Waals surface area contributed by atoms with Crippen LogP contribution in [-0.2, 0) is 6.54 Å². The van der Waals surface area contributed by atoms with Gasteiger partial charge in [-0.05, 0) is 51.0 Å². The van der Waals surface area contributed by atoms with E-state index in [1.807, 2.05) is 48.5 Å². The molecule has 0 aliphatic rings. The van der Waals surface area contributed by atoms with Crippen molar-refractivity contribution in [2.45, 2.75) is 6.54 Å². The Morgan fingerprint density at radius 1 is 1.15 bits per heavy atom. The molecule has 1 N–H and O–H groups in total. The highest BCUT2D eigenvalue weighted by Crippen LogP contribution is 2.24. The molecule has 2 heterocycles. The van der Waals surface area contributed by atoms with E-state index in [4.69, 9.17) is 17.0 Å². The molecular weight excluding hydrogens is 428 g/mol. The van der Waals surface area contributed by atoms with E-state index >= 15 is 0 Å². The third kappa shape index (κ3) is 3.56. The third-order valence-electron chi connectivity index (χ3n) is 4.04. The summed E-state index contributed by atoms with van der Waals surface area (Å²) < 4.78 is 8.50. The summed E-state index contributed by atoms with van der Waals surface area (Å²) in [6.07, 6.45) is 1.79. The van der Waals surface area contributed by atoms with Gasteiger partial charge in [0.1, 0.15) is 10.4 Å². The zero-order chi connectivity index (χ0) is 18.8. The average molecular weight is 443 g/mol. The number of para-hydroxylation sites is 1. The molecule has 0 spiro atoms. The molecule has 0 bridgehead atoms. The number of halogens is 1. The first-order valence-electron chi connectivity index (χ1n) is 8.12. The molecule has 27 heavy (non-hydrogen) atoms. The third-order valence-corrected chi connectivity index (χ3v) is 5.11. The molecule has 4 rings (SSSR count). The number of nitrogens with one attached hydrogen (secondary N) is 1. The van der Waals surface area contributed by atoms with Crippen LogP contribution in [0.15, 0.2) is 59.2 Å². The highest BCUT2D eigenvalue weighted by molar-refractivity contribution is 9.10. The van der Waals surface area contributed by atoms with Gasteiger partial charge in [0.25, 0.3) is 0 Å². The Kier molecular flexibility index (Phi) is 4.87. The molecule has 9 heteroatoms. The van der Waals surface area contributed by atoms with Gasteiger partial charge in [-0.3, -0.25) is 5.10 Å². The summed E-state index contributed by atoms with van der Waals surface area (Å²) >= 11 is 9.14. The lowest BCUT2D eigenvalue weighted by atomic mass is 10.2. The summed E-state index contributed by atoms with van der Waals surface area (Å²) in [6.45, 7) is 0.512. The van der Waals surface area contributed by atoms with E-state index in [9.17, 15) is 0 Å².